The lowest BCUT2D eigenvalue weighted by atomic mass is 10.1. The number of nitrogens with two attached hydrogens (primary N) is 2. The molecule has 0 spiro atoms. The van der Waals surface area contributed by atoms with Crippen molar-refractivity contribution in [3.63, 3.8) is 0 Å². The van der Waals surface area contributed by atoms with Gasteiger partial charge in [-0.3, -0.25) is 19.8 Å². The molecular formula is C12H15ClN4O3. The molecule has 0 aliphatic heterocycles. The summed E-state index contributed by atoms with van der Waals surface area (Å²) in [6, 6.07) is 5.93. The zero-order valence-electron chi connectivity index (χ0n) is 10.8. The standard InChI is InChI=1S/C12H15ClN4O3/c1-7(6-10(18)16-14)11(19)17(15)12(20)8-2-4-9(13)5-3-8/h2-5,7H,6,14-15H2,1H3,(H,16,18). The fourth-order valence-corrected chi connectivity index (χ4v) is 1.62. The Morgan fingerprint density at radius 1 is 1.30 bits per heavy atom. The van der Waals surface area contributed by atoms with Crippen LogP contribution in [0.1, 0.15) is 23.7 Å². The molecule has 0 aromatic heterocycles. The van der Waals surface area contributed by atoms with Gasteiger partial charge in [0.25, 0.3) is 5.91 Å². The molecule has 1 unspecified atom stereocenters. The van der Waals surface area contributed by atoms with E-state index in [0.717, 1.165) is 0 Å². The first-order valence-electron chi connectivity index (χ1n) is 5.74. The number of carbonyl (C=O) groups excluding carboxylic acids is 3. The molecule has 0 saturated carbocycles. The van der Waals surface area contributed by atoms with Gasteiger partial charge in [0, 0.05) is 22.9 Å². The number of nitrogens with one attached hydrogen (secondary N) is 1. The molecule has 108 valence electrons. The van der Waals surface area contributed by atoms with Gasteiger partial charge in [-0.25, -0.2) is 16.7 Å². The Bertz CT molecular complexity index is 518. The number of rotatable bonds is 4. The highest BCUT2D eigenvalue weighted by Crippen LogP contribution is 2.12. The molecule has 0 saturated heterocycles. The molecule has 1 aromatic carbocycles. The van der Waals surface area contributed by atoms with Gasteiger partial charge in [-0.2, -0.15) is 0 Å². The average Bonchev–Trinajstić information content (AvgIpc) is 2.45. The van der Waals surface area contributed by atoms with E-state index >= 15 is 0 Å². The van der Waals surface area contributed by atoms with Crippen molar-refractivity contribution in [1.29, 1.82) is 0 Å². The van der Waals surface area contributed by atoms with Crippen LogP contribution in [0.2, 0.25) is 5.02 Å². The first kappa shape index (κ1) is 16.1. The minimum Gasteiger partial charge on any atom is -0.294 e. The van der Waals surface area contributed by atoms with Gasteiger partial charge < -0.3 is 0 Å². The van der Waals surface area contributed by atoms with Crippen LogP contribution in [-0.2, 0) is 9.59 Å². The van der Waals surface area contributed by atoms with Crippen LogP contribution in [0.3, 0.4) is 0 Å². The third-order valence-electron chi connectivity index (χ3n) is 2.62. The second-order valence-electron chi connectivity index (χ2n) is 4.19. The molecule has 0 radical (unpaired) electrons. The summed E-state index contributed by atoms with van der Waals surface area (Å²) in [6.45, 7) is 1.48. The summed E-state index contributed by atoms with van der Waals surface area (Å²) in [5.74, 6) is 7.79. The van der Waals surface area contributed by atoms with Crippen molar-refractivity contribution in [2.24, 2.45) is 17.6 Å². The first-order chi connectivity index (χ1) is 9.36. The normalized spacial score (nSPS) is 11.6. The van der Waals surface area contributed by atoms with Gasteiger partial charge in [0.1, 0.15) is 0 Å². The smallest absolute Gasteiger partial charge is 0.274 e. The maximum Gasteiger partial charge on any atom is 0.274 e. The summed E-state index contributed by atoms with van der Waals surface area (Å²) in [6.07, 6.45) is -0.156. The molecule has 8 heteroatoms. The fourth-order valence-electron chi connectivity index (χ4n) is 1.49. The average molecular weight is 299 g/mol. The summed E-state index contributed by atoms with van der Waals surface area (Å²) in [5, 5.41) is 0.946. The van der Waals surface area contributed by atoms with Crippen molar-refractivity contribution in [1.82, 2.24) is 10.4 Å². The van der Waals surface area contributed by atoms with Gasteiger partial charge in [-0.15, -0.1) is 0 Å². The van der Waals surface area contributed by atoms with Crippen molar-refractivity contribution in [2.75, 3.05) is 0 Å². The molecule has 0 bridgehead atoms. The summed E-state index contributed by atoms with van der Waals surface area (Å²) in [5.41, 5.74) is 2.13. The largest absolute Gasteiger partial charge is 0.294 e. The van der Waals surface area contributed by atoms with Gasteiger partial charge in [-0.05, 0) is 24.3 Å². The number of halogens is 1. The van der Waals surface area contributed by atoms with E-state index in [0.29, 0.717) is 10.0 Å². The second-order valence-corrected chi connectivity index (χ2v) is 4.63. The van der Waals surface area contributed by atoms with Crippen LogP contribution < -0.4 is 17.1 Å². The molecular weight excluding hydrogens is 284 g/mol. The number of amides is 3. The molecule has 0 aliphatic rings. The topological polar surface area (TPSA) is 119 Å². The highest BCUT2D eigenvalue weighted by Gasteiger charge is 2.25. The van der Waals surface area contributed by atoms with Gasteiger partial charge in [-0.1, -0.05) is 18.5 Å². The third kappa shape index (κ3) is 4.02. The van der Waals surface area contributed by atoms with Crippen LogP contribution in [0.15, 0.2) is 24.3 Å². The molecule has 1 aromatic rings. The van der Waals surface area contributed by atoms with Crippen molar-refractivity contribution < 1.29 is 14.4 Å². The van der Waals surface area contributed by atoms with E-state index in [2.05, 4.69) is 0 Å². The SMILES string of the molecule is CC(CC(=O)NN)C(=O)N(N)C(=O)c1ccc(Cl)cc1. The lowest BCUT2D eigenvalue weighted by Crippen LogP contribution is -2.46. The van der Waals surface area contributed by atoms with E-state index in [4.69, 9.17) is 23.3 Å². The zero-order valence-corrected chi connectivity index (χ0v) is 11.6. The minimum atomic E-state index is -0.764. The fraction of sp³-hybridized carbons (Fsp3) is 0.250. The zero-order chi connectivity index (χ0) is 15.3. The number of nitrogens with zero attached hydrogens (tertiary/aromatic N) is 1. The Morgan fingerprint density at radius 3 is 2.35 bits per heavy atom. The maximum atomic E-state index is 12.0. The molecule has 7 nitrogen and oxygen atoms in total. The highest BCUT2D eigenvalue weighted by atomic mass is 35.5. The molecule has 5 N–H and O–H groups in total. The monoisotopic (exact) mass is 298 g/mol. The molecule has 0 aliphatic carbocycles. The van der Waals surface area contributed by atoms with Crippen LogP contribution >= 0.6 is 11.6 Å². The summed E-state index contributed by atoms with van der Waals surface area (Å²) >= 11 is 5.70. The molecule has 20 heavy (non-hydrogen) atoms. The van der Waals surface area contributed by atoms with Crippen LogP contribution in [-0.4, -0.2) is 22.7 Å². The lowest BCUT2D eigenvalue weighted by Gasteiger charge is -2.18. The Labute approximate surface area is 120 Å². The first-order valence-corrected chi connectivity index (χ1v) is 6.12. The van der Waals surface area contributed by atoms with Crippen LogP contribution in [0, 0.1) is 5.92 Å². The van der Waals surface area contributed by atoms with Crippen LogP contribution in [0.5, 0.6) is 0 Å². The van der Waals surface area contributed by atoms with Gasteiger partial charge >= 0.3 is 0 Å². The summed E-state index contributed by atoms with van der Waals surface area (Å²) < 4.78 is 0. The van der Waals surface area contributed by atoms with E-state index in [1.807, 2.05) is 5.43 Å². The molecule has 0 fully saturated rings. The third-order valence-corrected chi connectivity index (χ3v) is 2.87. The number of benzene rings is 1. The molecule has 3 amide bonds. The van der Waals surface area contributed by atoms with E-state index in [9.17, 15) is 14.4 Å². The van der Waals surface area contributed by atoms with Gasteiger partial charge in [0.2, 0.25) is 11.8 Å². The van der Waals surface area contributed by atoms with Crippen molar-refractivity contribution in [3.05, 3.63) is 34.9 Å². The highest BCUT2D eigenvalue weighted by molar-refractivity contribution is 6.30. The number of hydrazine groups is 2. The second kappa shape index (κ2) is 6.99. The molecule has 0 heterocycles. The summed E-state index contributed by atoms with van der Waals surface area (Å²) in [4.78, 5) is 35.0. The van der Waals surface area contributed by atoms with E-state index in [1.54, 1.807) is 0 Å². The summed E-state index contributed by atoms with van der Waals surface area (Å²) in [7, 11) is 0. The number of hydrogen-bond acceptors (Lipinski definition) is 5. The number of carbonyl (C=O) groups is 3. The van der Waals surface area contributed by atoms with Crippen molar-refractivity contribution >= 4 is 29.3 Å². The maximum absolute atomic E-state index is 12.0. The molecule has 1 rings (SSSR count). The predicted octanol–water partition coefficient (Wildman–Crippen LogP) is 0.199. The quantitative estimate of drug-likeness (QED) is 0.417. The van der Waals surface area contributed by atoms with Gasteiger partial charge in [0.05, 0.1) is 0 Å². The van der Waals surface area contributed by atoms with E-state index < -0.39 is 23.6 Å². The van der Waals surface area contributed by atoms with Crippen molar-refractivity contribution in [2.45, 2.75) is 13.3 Å². The minimum absolute atomic E-state index is 0.156. The van der Waals surface area contributed by atoms with Crippen molar-refractivity contribution in [3.8, 4) is 0 Å². The van der Waals surface area contributed by atoms with Crippen LogP contribution in [0.4, 0.5) is 0 Å². The molecule has 1 atom stereocenters. The lowest BCUT2D eigenvalue weighted by molar-refractivity contribution is -0.135. The Kier molecular flexibility index (Phi) is 5.63. The van der Waals surface area contributed by atoms with E-state index in [-0.39, 0.29) is 12.0 Å². The number of imide groups is 1. The number of hydrogen-bond donors (Lipinski definition) is 3. The van der Waals surface area contributed by atoms with Crippen LogP contribution in [0.25, 0.3) is 0 Å². The Balaban J connectivity index is 2.75. The van der Waals surface area contributed by atoms with E-state index in [1.165, 1.54) is 31.2 Å². The Hall–Kier alpha value is -1.96. The Morgan fingerprint density at radius 2 is 1.85 bits per heavy atom. The van der Waals surface area contributed by atoms with Gasteiger partial charge in [0.15, 0.2) is 0 Å². The predicted molar refractivity (Wildman–Crippen MR) is 72.9 cm³/mol.